The van der Waals surface area contributed by atoms with Crippen LogP contribution in [0.15, 0.2) is 46.6 Å². The molecule has 1 amide bonds. The zero-order valence-corrected chi connectivity index (χ0v) is 13.7. The second-order valence-electron chi connectivity index (χ2n) is 5.51. The molecule has 1 heterocycles. The van der Waals surface area contributed by atoms with E-state index in [9.17, 15) is 9.90 Å². The van der Waals surface area contributed by atoms with Gasteiger partial charge in [-0.2, -0.15) is 0 Å². The van der Waals surface area contributed by atoms with E-state index in [1.807, 2.05) is 6.92 Å². The first kappa shape index (κ1) is 17.0. The Labute approximate surface area is 136 Å². The molecule has 0 radical (unpaired) electrons. The number of nitrogens with zero attached hydrogens (tertiary/aromatic N) is 2. The number of carbonyl (C=O) groups excluding carboxylic acids is 1. The molecule has 0 fully saturated rings. The summed E-state index contributed by atoms with van der Waals surface area (Å²) in [4.78, 5) is 18.6. The number of rotatable bonds is 5. The fourth-order valence-electron chi connectivity index (χ4n) is 2.53. The molecular weight excluding hydrogens is 292 g/mol. The van der Waals surface area contributed by atoms with Crippen molar-refractivity contribution < 1.29 is 14.6 Å². The molecule has 1 unspecified atom stereocenters. The van der Waals surface area contributed by atoms with Crippen molar-refractivity contribution >= 4 is 18.3 Å². The molecule has 0 saturated heterocycles. The SMILES string of the molecule is C=Nc1ccc(OC)cc1C(=O)N1CCC(C)=C1/C=C\C(C)O. The monoisotopic (exact) mass is 314 g/mol. The number of hydrogen-bond donors (Lipinski definition) is 1. The van der Waals surface area contributed by atoms with Crippen LogP contribution in [0.25, 0.3) is 0 Å². The Morgan fingerprint density at radius 3 is 2.87 bits per heavy atom. The van der Waals surface area contributed by atoms with Crippen molar-refractivity contribution in [1.29, 1.82) is 0 Å². The summed E-state index contributed by atoms with van der Waals surface area (Å²) in [6.45, 7) is 7.81. The van der Waals surface area contributed by atoms with Crippen LogP contribution in [0, 0.1) is 0 Å². The van der Waals surface area contributed by atoms with Crippen LogP contribution in [0.2, 0.25) is 0 Å². The van der Waals surface area contributed by atoms with Crippen LogP contribution < -0.4 is 4.74 Å². The minimum absolute atomic E-state index is 0.145. The maximum absolute atomic E-state index is 12.9. The van der Waals surface area contributed by atoms with Gasteiger partial charge < -0.3 is 14.7 Å². The van der Waals surface area contributed by atoms with Gasteiger partial charge >= 0.3 is 0 Å². The zero-order valence-electron chi connectivity index (χ0n) is 13.7. The highest BCUT2D eigenvalue weighted by Crippen LogP contribution is 2.30. The number of allylic oxidation sites excluding steroid dienone is 1. The van der Waals surface area contributed by atoms with Crippen LogP contribution in [-0.2, 0) is 0 Å². The summed E-state index contributed by atoms with van der Waals surface area (Å²) in [6, 6.07) is 5.15. The lowest BCUT2D eigenvalue weighted by molar-refractivity contribution is 0.0823. The van der Waals surface area contributed by atoms with Crippen molar-refractivity contribution in [3.8, 4) is 5.75 Å². The molecule has 0 aromatic heterocycles. The van der Waals surface area contributed by atoms with E-state index in [0.717, 1.165) is 17.7 Å². The number of aliphatic imine (C=N–C) groups is 1. The molecule has 1 N–H and O–H groups in total. The highest BCUT2D eigenvalue weighted by atomic mass is 16.5. The molecule has 0 saturated carbocycles. The molecule has 0 spiro atoms. The van der Waals surface area contributed by atoms with E-state index in [0.29, 0.717) is 23.5 Å². The summed E-state index contributed by atoms with van der Waals surface area (Å²) in [5, 5.41) is 9.44. The van der Waals surface area contributed by atoms with Gasteiger partial charge in [0.15, 0.2) is 0 Å². The maximum atomic E-state index is 12.9. The number of carbonyl (C=O) groups is 1. The highest BCUT2D eigenvalue weighted by molar-refractivity contribution is 6.01. The number of aliphatic hydroxyl groups is 1. The predicted octanol–water partition coefficient (Wildman–Crippen LogP) is 3.08. The Kier molecular flexibility index (Phi) is 5.34. The third-order valence-corrected chi connectivity index (χ3v) is 3.82. The Bertz CT molecular complexity index is 675. The molecule has 5 heteroatoms. The van der Waals surface area contributed by atoms with E-state index in [1.165, 1.54) is 0 Å². The number of benzene rings is 1. The molecule has 0 aliphatic carbocycles. The van der Waals surface area contributed by atoms with Crippen molar-refractivity contribution in [1.82, 2.24) is 4.90 Å². The van der Waals surface area contributed by atoms with E-state index in [1.54, 1.807) is 49.3 Å². The summed E-state index contributed by atoms with van der Waals surface area (Å²) in [7, 11) is 1.56. The molecule has 23 heavy (non-hydrogen) atoms. The number of methoxy groups -OCH3 is 1. The number of aliphatic hydroxyl groups excluding tert-OH is 1. The lowest BCUT2D eigenvalue weighted by atomic mass is 10.1. The first-order valence-corrected chi connectivity index (χ1v) is 7.50. The molecule has 1 atom stereocenters. The summed E-state index contributed by atoms with van der Waals surface area (Å²) in [6.07, 6.45) is 3.72. The average molecular weight is 314 g/mol. The van der Waals surface area contributed by atoms with E-state index in [-0.39, 0.29) is 5.91 Å². The van der Waals surface area contributed by atoms with Crippen LogP contribution in [0.1, 0.15) is 30.6 Å². The molecular formula is C18H22N2O3. The molecule has 122 valence electrons. The lowest BCUT2D eigenvalue weighted by Crippen LogP contribution is -2.27. The third kappa shape index (κ3) is 3.68. The molecule has 5 nitrogen and oxygen atoms in total. The lowest BCUT2D eigenvalue weighted by Gasteiger charge is -2.20. The maximum Gasteiger partial charge on any atom is 0.260 e. The van der Waals surface area contributed by atoms with E-state index in [4.69, 9.17) is 4.74 Å². The van der Waals surface area contributed by atoms with Crippen LogP contribution in [0.4, 0.5) is 5.69 Å². The fourth-order valence-corrected chi connectivity index (χ4v) is 2.53. The molecule has 1 aliphatic rings. The topological polar surface area (TPSA) is 62.1 Å². The van der Waals surface area contributed by atoms with Gasteiger partial charge in [-0.1, -0.05) is 6.08 Å². The second kappa shape index (κ2) is 7.24. The summed E-state index contributed by atoms with van der Waals surface area (Å²) in [5.74, 6) is 0.454. The Hall–Kier alpha value is -2.40. The molecule has 2 rings (SSSR count). The predicted molar refractivity (Wildman–Crippen MR) is 91.4 cm³/mol. The van der Waals surface area contributed by atoms with Crippen LogP contribution in [0.3, 0.4) is 0 Å². The van der Waals surface area contributed by atoms with Gasteiger partial charge in [0.25, 0.3) is 5.91 Å². The van der Waals surface area contributed by atoms with Crippen LogP contribution in [0.5, 0.6) is 5.75 Å². The molecule has 1 aliphatic heterocycles. The minimum atomic E-state index is -0.560. The second-order valence-corrected chi connectivity index (χ2v) is 5.51. The van der Waals surface area contributed by atoms with Crippen LogP contribution in [-0.4, -0.2) is 42.4 Å². The van der Waals surface area contributed by atoms with Gasteiger partial charge in [-0.3, -0.25) is 9.79 Å². The standard InChI is InChI=1S/C18H22N2O3/c1-12-9-10-20(17(12)8-5-13(2)21)18(22)15-11-14(23-4)6-7-16(15)19-3/h5-8,11,13,21H,3,9-10H2,1-2,4H3/b8-5-. The van der Waals surface area contributed by atoms with Crippen molar-refractivity contribution in [2.24, 2.45) is 4.99 Å². The third-order valence-electron chi connectivity index (χ3n) is 3.82. The highest BCUT2D eigenvalue weighted by Gasteiger charge is 2.26. The van der Waals surface area contributed by atoms with E-state index < -0.39 is 6.10 Å². The minimum Gasteiger partial charge on any atom is -0.497 e. The number of ether oxygens (including phenoxy) is 1. The van der Waals surface area contributed by atoms with Gasteiger partial charge in [0, 0.05) is 12.2 Å². The van der Waals surface area contributed by atoms with Gasteiger partial charge in [0.05, 0.1) is 24.5 Å². The van der Waals surface area contributed by atoms with E-state index in [2.05, 4.69) is 11.7 Å². The quantitative estimate of drug-likeness (QED) is 0.850. The van der Waals surface area contributed by atoms with Gasteiger partial charge in [-0.15, -0.1) is 0 Å². The van der Waals surface area contributed by atoms with Gasteiger partial charge in [0.2, 0.25) is 0 Å². The van der Waals surface area contributed by atoms with Crippen molar-refractivity contribution in [3.05, 3.63) is 47.2 Å². The summed E-state index contributed by atoms with van der Waals surface area (Å²) in [5.41, 5.74) is 2.93. The van der Waals surface area contributed by atoms with Crippen molar-refractivity contribution in [2.75, 3.05) is 13.7 Å². The largest absolute Gasteiger partial charge is 0.497 e. The Morgan fingerprint density at radius 2 is 2.26 bits per heavy atom. The normalized spacial score (nSPS) is 16.1. The Balaban J connectivity index is 2.38. The average Bonchev–Trinajstić information content (AvgIpc) is 2.92. The zero-order chi connectivity index (χ0) is 17.0. The molecule has 1 aromatic carbocycles. The van der Waals surface area contributed by atoms with Gasteiger partial charge in [-0.25, -0.2) is 0 Å². The summed E-state index contributed by atoms with van der Waals surface area (Å²) < 4.78 is 5.20. The molecule has 1 aromatic rings. The van der Waals surface area contributed by atoms with Gasteiger partial charge in [-0.05, 0) is 56.8 Å². The molecule has 0 bridgehead atoms. The van der Waals surface area contributed by atoms with Crippen molar-refractivity contribution in [3.63, 3.8) is 0 Å². The van der Waals surface area contributed by atoms with Crippen LogP contribution >= 0.6 is 0 Å². The number of amides is 1. The fraction of sp³-hybridized carbons (Fsp3) is 0.333. The Morgan fingerprint density at radius 1 is 1.52 bits per heavy atom. The summed E-state index contributed by atoms with van der Waals surface area (Å²) >= 11 is 0. The first-order valence-electron chi connectivity index (χ1n) is 7.50. The first-order chi connectivity index (χ1) is 11.0. The van der Waals surface area contributed by atoms with Gasteiger partial charge in [0.1, 0.15) is 5.75 Å². The van der Waals surface area contributed by atoms with Crippen molar-refractivity contribution in [2.45, 2.75) is 26.4 Å². The smallest absolute Gasteiger partial charge is 0.260 e. The van der Waals surface area contributed by atoms with E-state index >= 15 is 0 Å². The number of hydrogen-bond acceptors (Lipinski definition) is 4.